The number of rotatable bonds is 3. The van der Waals surface area contributed by atoms with Crippen molar-refractivity contribution >= 4 is 28.8 Å². The molecule has 2 aromatic heterocycles. The van der Waals surface area contributed by atoms with Gasteiger partial charge in [-0.1, -0.05) is 41.4 Å². The second-order valence-electron chi connectivity index (χ2n) is 6.06. The summed E-state index contributed by atoms with van der Waals surface area (Å²) >= 11 is 6.03. The molecule has 0 saturated carbocycles. The predicted octanol–water partition coefficient (Wildman–Crippen LogP) is 5.41. The minimum absolute atomic E-state index is 0.707. The highest BCUT2D eigenvalue weighted by molar-refractivity contribution is 6.30. The van der Waals surface area contributed by atoms with Crippen molar-refractivity contribution in [1.29, 1.82) is 0 Å². The van der Waals surface area contributed by atoms with Crippen molar-refractivity contribution in [1.82, 2.24) is 14.4 Å². The second kappa shape index (κ2) is 6.22. The van der Waals surface area contributed by atoms with Crippen LogP contribution in [0, 0.1) is 13.8 Å². The van der Waals surface area contributed by atoms with Crippen LogP contribution in [0.4, 0.5) is 11.5 Å². The van der Waals surface area contributed by atoms with Crippen molar-refractivity contribution in [3.05, 3.63) is 77.2 Å². The lowest BCUT2D eigenvalue weighted by molar-refractivity contribution is 1.13. The van der Waals surface area contributed by atoms with Crippen molar-refractivity contribution in [2.45, 2.75) is 13.8 Å². The van der Waals surface area contributed by atoms with Crippen molar-refractivity contribution < 1.29 is 0 Å². The maximum atomic E-state index is 6.03. The normalized spacial score (nSPS) is 11.0. The quantitative estimate of drug-likeness (QED) is 0.538. The number of nitrogens with zero attached hydrogens (tertiary/aromatic N) is 3. The Kier molecular flexibility index (Phi) is 3.90. The van der Waals surface area contributed by atoms with Gasteiger partial charge >= 0.3 is 0 Å². The summed E-state index contributed by atoms with van der Waals surface area (Å²) in [5.74, 6) is 0.909. The first-order chi connectivity index (χ1) is 12.1. The van der Waals surface area contributed by atoms with Crippen LogP contribution in [0.2, 0.25) is 5.02 Å². The Bertz CT molecular complexity index is 1050. The highest BCUT2D eigenvalue weighted by atomic mass is 35.5. The number of aryl methyl sites for hydroxylation is 2. The van der Waals surface area contributed by atoms with Crippen LogP contribution in [0.3, 0.4) is 0 Å². The molecular weight excluding hydrogens is 332 g/mol. The lowest BCUT2D eigenvalue weighted by Crippen LogP contribution is -1.99. The van der Waals surface area contributed by atoms with Gasteiger partial charge in [0.05, 0.1) is 6.20 Å². The fourth-order valence-electron chi connectivity index (χ4n) is 2.92. The van der Waals surface area contributed by atoms with Crippen LogP contribution in [0.25, 0.3) is 16.9 Å². The largest absolute Gasteiger partial charge is 0.339 e. The summed E-state index contributed by atoms with van der Waals surface area (Å²) in [4.78, 5) is 8.93. The van der Waals surface area contributed by atoms with E-state index in [0.717, 1.165) is 28.4 Å². The van der Waals surface area contributed by atoms with Gasteiger partial charge in [-0.2, -0.15) is 0 Å². The van der Waals surface area contributed by atoms with Crippen LogP contribution in [0.15, 0.2) is 61.1 Å². The molecule has 2 aromatic carbocycles. The van der Waals surface area contributed by atoms with E-state index < -0.39 is 0 Å². The molecule has 2 heterocycles. The molecule has 25 heavy (non-hydrogen) atoms. The number of anilines is 2. The Morgan fingerprint density at radius 3 is 2.60 bits per heavy atom. The van der Waals surface area contributed by atoms with E-state index in [-0.39, 0.29) is 0 Å². The lowest BCUT2D eigenvalue weighted by Gasteiger charge is -2.12. The summed E-state index contributed by atoms with van der Waals surface area (Å²) < 4.78 is 2.01. The van der Waals surface area contributed by atoms with Crippen molar-refractivity contribution in [3.8, 4) is 11.3 Å². The maximum absolute atomic E-state index is 6.03. The molecule has 0 unspecified atom stereocenters. The molecule has 4 rings (SSSR count). The van der Waals surface area contributed by atoms with E-state index in [1.165, 1.54) is 11.1 Å². The average Bonchev–Trinajstić information content (AvgIpc) is 2.97. The van der Waals surface area contributed by atoms with Crippen LogP contribution in [-0.4, -0.2) is 14.4 Å². The Labute approximate surface area is 151 Å². The smallest absolute Gasteiger partial charge is 0.157 e. The molecule has 0 bridgehead atoms. The fourth-order valence-corrected chi connectivity index (χ4v) is 3.04. The number of fused-ring (bicyclic) bond motifs is 1. The van der Waals surface area contributed by atoms with E-state index in [0.29, 0.717) is 5.02 Å². The van der Waals surface area contributed by atoms with Crippen LogP contribution in [-0.2, 0) is 0 Å². The van der Waals surface area contributed by atoms with E-state index in [2.05, 4.69) is 42.3 Å². The van der Waals surface area contributed by atoms with Gasteiger partial charge < -0.3 is 5.32 Å². The SMILES string of the molecule is Cc1ccc(Nc2c(-c3ccc(Cl)cc3)nc3cnccn23)c(C)c1. The monoisotopic (exact) mass is 348 g/mol. The highest BCUT2D eigenvalue weighted by Crippen LogP contribution is 2.32. The molecule has 4 nitrogen and oxygen atoms in total. The molecule has 5 heteroatoms. The second-order valence-corrected chi connectivity index (χ2v) is 6.50. The lowest BCUT2D eigenvalue weighted by atomic mass is 10.1. The molecule has 4 aromatic rings. The summed E-state index contributed by atoms with van der Waals surface area (Å²) in [6.07, 6.45) is 5.42. The van der Waals surface area contributed by atoms with Gasteiger partial charge in [0.25, 0.3) is 0 Å². The average molecular weight is 349 g/mol. The summed E-state index contributed by atoms with van der Waals surface area (Å²) in [5, 5.41) is 4.25. The molecule has 0 aliphatic rings. The molecular formula is C20H17ClN4. The molecule has 0 atom stereocenters. The Morgan fingerprint density at radius 1 is 1.04 bits per heavy atom. The Morgan fingerprint density at radius 2 is 1.84 bits per heavy atom. The first-order valence-corrected chi connectivity index (χ1v) is 8.42. The summed E-state index contributed by atoms with van der Waals surface area (Å²) in [7, 11) is 0. The van der Waals surface area contributed by atoms with Gasteiger partial charge in [-0.25, -0.2) is 4.98 Å². The number of hydrogen-bond donors (Lipinski definition) is 1. The summed E-state index contributed by atoms with van der Waals surface area (Å²) in [6.45, 7) is 4.19. The molecule has 0 radical (unpaired) electrons. The third-order valence-electron chi connectivity index (χ3n) is 4.18. The minimum Gasteiger partial charge on any atom is -0.339 e. The predicted molar refractivity (Wildman–Crippen MR) is 103 cm³/mol. The summed E-state index contributed by atoms with van der Waals surface area (Å²) in [6, 6.07) is 14.1. The van der Waals surface area contributed by atoms with Crippen LogP contribution >= 0.6 is 11.6 Å². The third-order valence-corrected chi connectivity index (χ3v) is 4.43. The van der Waals surface area contributed by atoms with Crippen molar-refractivity contribution in [2.24, 2.45) is 0 Å². The van der Waals surface area contributed by atoms with Crippen LogP contribution < -0.4 is 5.32 Å². The zero-order valence-corrected chi connectivity index (χ0v) is 14.7. The molecule has 0 aliphatic heterocycles. The van der Waals surface area contributed by atoms with Gasteiger partial charge in [0.1, 0.15) is 11.5 Å². The first-order valence-electron chi connectivity index (χ1n) is 8.04. The zero-order chi connectivity index (χ0) is 17.4. The zero-order valence-electron chi connectivity index (χ0n) is 14.0. The van der Waals surface area contributed by atoms with Gasteiger partial charge in [-0.05, 0) is 37.6 Å². The van der Waals surface area contributed by atoms with Crippen molar-refractivity contribution in [3.63, 3.8) is 0 Å². The topological polar surface area (TPSA) is 42.2 Å². The third kappa shape index (κ3) is 2.96. The minimum atomic E-state index is 0.707. The van der Waals surface area contributed by atoms with Crippen LogP contribution in [0.1, 0.15) is 11.1 Å². The maximum Gasteiger partial charge on any atom is 0.157 e. The fraction of sp³-hybridized carbons (Fsp3) is 0.100. The standard InChI is InChI=1S/C20H17ClN4/c1-13-3-8-17(14(2)11-13)23-20-19(15-4-6-16(21)7-5-15)24-18-12-22-9-10-25(18)20/h3-12,23H,1-2H3. The molecule has 0 saturated heterocycles. The molecule has 0 amide bonds. The number of benzene rings is 2. The Hall–Kier alpha value is -2.85. The van der Waals surface area contributed by atoms with E-state index in [4.69, 9.17) is 16.6 Å². The Balaban J connectivity index is 1.88. The van der Waals surface area contributed by atoms with Crippen molar-refractivity contribution in [2.75, 3.05) is 5.32 Å². The van der Waals surface area contributed by atoms with E-state index in [1.807, 2.05) is 34.9 Å². The molecule has 124 valence electrons. The number of aromatic nitrogens is 3. The molecule has 0 fully saturated rings. The van der Waals surface area contributed by atoms with Gasteiger partial charge in [0.2, 0.25) is 0 Å². The summed E-state index contributed by atoms with van der Waals surface area (Å²) in [5.41, 5.74) is 6.14. The van der Waals surface area contributed by atoms with E-state index in [9.17, 15) is 0 Å². The van der Waals surface area contributed by atoms with Gasteiger partial charge in [0, 0.05) is 28.7 Å². The number of hydrogen-bond acceptors (Lipinski definition) is 3. The van der Waals surface area contributed by atoms with Gasteiger partial charge in [0.15, 0.2) is 5.65 Å². The van der Waals surface area contributed by atoms with E-state index >= 15 is 0 Å². The van der Waals surface area contributed by atoms with Gasteiger partial charge in [-0.15, -0.1) is 0 Å². The molecule has 1 N–H and O–H groups in total. The number of halogens is 1. The van der Waals surface area contributed by atoms with E-state index in [1.54, 1.807) is 12.4 Å². The first kappa shape index (κ1) is 15.7. The molecule has 0 aliphatic carbocycles. The molecule has 0 spiro atoms. The highest BCUT2D eigenvalue weighted by Gasteiger charge is 2.15. The number of nitrogens with one attached hydrogen (secondary N) is 1. The number of imidazole rings is 1. The van der Waals surface area contributed by atoms with Crippen LogP contribution in [0.5, 0.6) is 0 Å². The van der Waals surface area contributed by atoms with Gasteiger partial charge in [-0.3, -0.25) is 9.38 Å².